The van der Waals surface area contributed by atoms with E-state index in [-0.39, 0.29) is 12.5 Å². The molecule has 2 rings (SSSR count). The molecule has 112 valence electrons. The third kappa shape index (κ3) is 4.61. The smallest absolute Gasteiger partial charge is 0.251 e. The Morgan fingerprint density at radius 3 is 2.81 bits per heavy atom. The molecule has 0 bridgehead atoms. The number of aliphatic hydroxyl groups excluding tert-OH is 1. The van der Waals surface area contributed by atoms with E-state index in [0.29, 0.717) is 5.56 Å². The highest BCUT2D eigenvalue weighted by Crippen LogP contribution is 2.26. The minimum Gasteiger partial charge on any atom is -0.384 e. The molecule has 0 heterocycles. The Hall–Kier alpha value is -1.79. The predicted molar refractivity (Wildman–Crippen MR) is 84.1 cm³/mol. The lowest BCUT2D eigenvalue weighted by atomic mass is 10.0. The van der Waals surface area contributed by atoms with Crippen LogP contribution in [0.25, 0.3) is 0 Å². The van der Waals surface area contributed by atoms with Gasteiger partial charge in [0.25, 0.3) is 5.91 Å². The maximum atomic E-state index is 12.1. The van der Waals surface area contributed by atoms with E-state index in [9.17, 15) is 4.79 Å². The van der Waals surface area contributed by atoms with E-state index in [2.05, 4.69) is 17.2 Å². The average molecular weight is 285 g/mol. The van der Waals surface area contributed by atoms with Crippen LogP contribution in [0.15, 0.2) is 18.2 Å². The number of aliphatic hydroxyl groups is 1. The lowest BCUT2D eigenvalue weighted by Gasteiger charge is -2.10. The summed E-state index contributed by atoms with van der Waals surface area (Å²) in [4.78, 5) is 12.1. The van der Waals surface area contributed by atoms with Crippen LogP contribution >= 0.6 is 0 Å². The number of amides is 1. The molecule has 0 unspecified atom stereocenters. The monoisotopic (exact) mass is 285 g/mol. The Balaban J connectivity index is 1.88. The van der Waals surface area contributed by atoms with Gasteiger partial charge in [-0.25, -0.2) is 0 Å². The van der Waals surface area contributed by atoms with Gasteiger partial charge < -0.3 is 10.4 Å². The fourth-order valence-corrected chi connectivity index (χ4v) is 2.87. The van der Waals surface area contributed by atoms with Crippen LogP contribution in [0.4, 0.5) is 0 Å². The molecule has 0 radical (unpaired) electrons. The summed E-state index contributed by atoms with van der Waals surface area (Å²) in [5.74, 6) is 6.28. The first-order chi connectivity index (χ1) is 10.2. The van der Waals surface area contributed by atoms with Gasteiger partial charge in [0.15, 0.2) is 0 Å². The van der Waals surface area contributed by atoms with Gasteiger partial charge in [-0.05, 0) is 43.0 Å². The fraction of sp³-hybridized carbons (Fsp3) is 0.500. The van der Waals surface area contributed by atoms with Crippen LogP contribution in [0, 0.1) is 24.7 Å². The highest BCUT2D eigenvalue weighted by atomic mass is 16.2. The third-order valence-electron chi connectivity index (χ3n) is 4.10. The molecular weight excluding hydrogens is 262 g/mol. The topological polar surface area (TPSA) is 49.3 Å². The molecule has 2 N–H and O–H groups in total. The van der Waals surface area contributed by atoms with Gasteiger partial charge in [-0.3, -0.25) is 4.79 Å². The standard InChI is InChI=1S/C18H23NO2/c1-14-13-17(9-8-16(14)7-4-12-20)18(21)19-11-10-15-5-2-3-6-15/h8-9,13,15,20H,2-3,5-6,10-12H2,1H3,(H,19,21). The van der Waals surface area contributed by atoms with Gasteiger partial charge in [0.2, 0.25) is 0 Å². The van der Waals surface area contributed by atoms with Gasteiger partial charge in [-0.1, -0.05) is 37.5 Å². The zero-order valence-electron chi connectivity index (χ0n) is 12.6. The zero-order valence-corrected chi connectivity index (χ0v) is 12.6. The summed E-state index contributed by atoms with van der Waals surface area (Å²) in [6.45, 7) is 2.54. The lowest BCUT2D eigenvalue weighted by Crippen LogP contribution is -2.25. The Morgan fingerprint density at radius 2 is 2.14 bits per heavy atom. The number of nitrogens with one attached hydrogen (secondary N) is 1. The van der Waals surface area contributed by atoms with Crippen LogP contribution in [-0.2, 0) is 0 Å². The maximum Gasteiger partial charge on any atom is 0.251 e. The molecule has 1 fully saturated rings. The number of carbonyl (C=O) groups is 1. The average Bonchev–Trinajstić information content (AvgIpc) is 2.99. The van der Waals surface area contributed by atoms with E-state index in [1.807, 2.05) is 19.1 Å². The number of benzene rings is 1. The lowest BCUT2D eigenvalue weighted by molar-refractivity contribution is 0.0951. The van der Waals surface area contributed by atoms with Gasteiger partial charge in [-0.2, -0.15) is 0 Å². The zero-order chi connectivity index (χ0) is 15.1. The molecule has 0 aromatic heterocycles. The summed E-state index contributed by atoms with van der Waals surface area (Å²) >= 11 is 0. The van der Waals surface area contributed by atoms with Crippen molar-refractivity contribution in [2.75, 3.05) is 13.2 Å². The molecule has 1 aromatic rings. The Morgan fingerprint density at radius 1 is 1.38 bits per heavy atom. The van der Waals surface area contributed by atoms with Gasteiger partial charge in [-0.15, -0.1) is 0 Å². The quantitative estimate of drug-likeness (QED) is 0.836. The number of aryl methyl sites for hydroxylation is 1. The van der Waals surface area contributed by atoms with Crippen LogP contribution in [0.3, 0.4) is 0 Å². The van der Waals surface area contributed by atoms with Crippen molar-refractivity contribution in [2.24, 2.45) is 5.92 Å². The largest absolute Gasteiger partial charge is 0.384 e. The Labute approximate surface area is 126 Å². The van der Waals surface area contributed by atoms with Crippen molar-refractivity contribution in [1.29, 1.82) is 0 Å². The second kappa shape index (κ2) is 7.85. The molecule has 1 saturated carbocycles. The van der Waals surface area contributed by atoms with E-state index >= 15 is 0 Å². The van der Waals surface area contributed by atoms with Crippen molar-refractivity contribution in [2.45, 2.75) is 39.0 Å². The maximum absolute atomic E-state index is 12.1. The van der Waals surface area contributed by atoms with Gasteiger partial charge in [0, 0.05) is 17.7 Å². The third-order valence-corrected chi connectivity index (χ3v) is 4.10. The first-order valence-electron chi connectivity index (χ1n) is 7.69. The van der Waals surface area contributed by atoms with Crippen molar-refractivity contribution < 1.29 is 9.90 Å². The molecule has 1 aromatic carbocycles. The summed E-state index contributed by atoms with van der Waals surface area (Å²) < 4.78 is 0. The second-order valence-corrected chi connectivity index (χ2v) is 5.68. The van der Waals surface area contributed by atoms with Gasteiger partial charge >= 0.3 is 0 Å². The van der Waals surface area contributed by atoms with Crippen LogP contribution in [0.5, 0.6) is 0 Å². The van der Waals surface area contributed by atoms with Crippen molar-refractivity contribution in [3.63, 3.8) is 0 Å². The van der Waals surface area contributed by atoms with Crippen LogP contribution in [-0.4, -0.2) is 24.2 Å². The van der Waals surface area contributed by atoms with E-state index < -0.39 is 0 Å². The highest BCUT2D eigenvalue weighted by molar-refractivity contribution is 5.94. The van der Waals surface area contributed by atoms with Gasteiger partial charge in [0.1, 0.15) is 6.61 Å². The summed E-state index contributed by atoms with van der Waals surface area (Å²) in [5.41, 5.74) is 2.49. The normalized spacial score (nSPS) is 14.6. The highest BCUT2D eigenvalue weighted by Gasteiger charge is 2.15. The summed E-state index contributed by atoms with van der Waals surface area (Å²) in [7, 11) is 0. The number of hydrogen-bond donors (Lipinski definition) is 2. The molecular formula is C18H23NO2. The van der Waals surface area contributed by atoms with Crippen molar-refractivity contribution >= 4 is 5.91 Å². The number of carbonyl (C=O) groups excluding carboxylic acids is 1. The summed E-state index contributed by atoms with van der Waals surface area (Å²) in [6, 6.07) is 5.48. The molecule has 0 aliphatic heterocycles. The van der Waals surface area contributed by atoms with Crippen LogP contribution in [0.2, 0.25) is 0 Å². The Kier molecular flexibility index (Phi) is 5.83. The molecule has 3 heteroatoms. The van der Waals surface area contributed by atoms with E-state index in [1.165, 1.54) is 25.7 Å². The fourth-order valence-electron chi connectivity index (χ4n) is 2.87. The summed E-state index contributed by atoms with van der Waals surface area (Å²) in [5, 5.41) is 11.7. The van der Waals surface area contributed by atoms with Crippen LogP contribution in [0.1, 0.15) is 53.6 Å². The predicted octanol–water partition coefficient (Wildman–Crippen LogP) is 2.65. The molecule has 0 spiro atoms. The first-order valence-corrected chi connectivity index (χ1v) is 7.69. The molecule has 1 amide bonds. The van der Waals surface area contributed by atoms with Crippen LogP contribution < -0.4 is 5.32 Å². The molecule has 0 atom stereocenters. The minimum absolute atomic E-state index is 0.0160. The van der Waals surface area contributed by atoms with Gasteiger partial charge in [0.05, 0.1) is 0 Å². The van der Waals surface area contributed by atoms with Crippen molar-refractivity contribution in [1.82, 2.24) is 5.32 Å². The minimum atomic E-state index is -0.150. The van der Waals surface area contributed by atoms with Crippen molar-refractivity contribution in [3.8, 4) is 11.8 Å². The van der Waals surface area contributed by atoms with Crippen molar-refractivity contribution in [3.05, 3.63) is 34.9 Å². The molecule has 0 saturated heterocycles. The van der Waals surface area contributed by atoms with E-state index in [4.69, 9.17) is 5.11 Å². The Bertz CT molecular complexity index is 548. The SMILES string of the molecule is Cc1cc(C(=O)NCCC2CCCC2)ccc1C#CCO. The molecule has 1 aliphatic carbocycles. The van der Waals surface area contributed by atoms with E-state index in [1.54, 1.807) is 6.07 Å². The summed E-state index contributed by atoms with van der Waals surface area (Å²) in [6.07, 6.45) is 6.40. The number of rotatable bonds is 4. The molecule has 1 aliphatic rings. The van der Waals surface area contributed by atoms with E-state index in [0.717, 1.165) is 30.0 Å². The molecule has 3 nitrogen and oxygen atoms in total. The first kappa shape index (κ1) is 15.6. The molecule has 21 heavy (non-hydrogen) atoms. The second-order valence-electron chi connectivity index (χ2n) is 5.68. The number of hydrogen-bond acceptors (Lipinski definition) is 2.